The summed E-state index contributed by atoms with van der Waals surface area (Å²) in [4.78, 5) is 21.0. The van der Waals surface area contributed by atoms with Crippen LogP contribution in [0.5, 0.6) is 0 Å². The van der Waals surface area contributed by atoms with Crippen molar-refractivity contribution in [2.24, 2.45) is 5.92 Å². The number of hydrogen-bond acceptors (Lipinski definition) is 5. The van der Waals surface area contributed by atoms with Gasteiger partial charge in [0.15, 0.2) is 0 Å². The van der Waals surface area contributed by atoms with E-state index >= 15 is 0 Å². The first-order valence-corrected chi connectivity index (χ1v) is 8.54. The van der Waals surface area contributed by atoms with Gasteiger partial charge in [0.1, 0.15) is 0 Å². The van der Waals surface area contributed by atoms with Gasteiger partial charge in [-0.2, -0.15) is 0 Å². The molecule has 0 aliphatic carbocycles. The van der Waals surface area contributed by atoms with Gasteiger partial charge in [-0.3, -0.25) is 4.79 Å². The van der Waals surface area contributed by atoms with Crippen LogP contribution >= 0.6 is 0 Å². The Kier molecular flexibility index (Phi) is 6.47. The highest BCUT2D eigenvalue weighted by molar-refractivity contribution is 5.94. The SMILES string of the molecule is CCC(C)C(CO)NC(=O)c1ccc(Nc2nc(C)cc(C)n2)cc1. The zero-order chi connectivity index (χ0) is 18.4. The van der Waals surface area contributed by atoms with Gasteiger partial charge >= 0.3 is 0 Å². The van der Waals surface area contributed by atoms with Gasteiger partial charge in [0, 0.05) is 22.6 Å². The molecular formula is C19H26N4O2. The smallest absolute Gasteiger partial charge is 0.251 e. The van der Waals surface area contributed by atoms with Gasteiger partial charge in [-0.1, -0.05) is 20.3 Å². The molecule has 1 aromatic heterocycles. The zero-order valence-corrected chi connectivity index (χ0v) is 15.2. The lowest BCUT2D eigenvalue weighted by Crippen LogP contribution is -2.41. The first-order valence-electron chi connectivity index (χ1n) is 8.54. The molecule has 2 rings (SSSR count). The molecule has 0 fully saturated rings. The lowest BCUT2D eigenvalue weighted by atomic mass is 9.99. The number of carbonyl (C=O) groups excluding carboxylic acids is 1. The van der Waals surface area contributed by atoms with Crippen molar-refractivity contribution >= 4 is 17.5 Å². The maximum Gasteiger partial charge on any atom is 0.251 e. The second kappa shape index (κ2) is 8.58. The van der Waals surface area contributed by atoms with E-state index in [0.717, 1.165) is 23.5 Å². The highest BCUT2D eigenvalue weighted by atomic mass is 16.3. The summed E-state index contributed by atoms with van der Waals surface area (Å²) in [6.45, 7) is 7.82. The van der Waals surface area contributed by atoms with Crippen molar-refractivity contribution < 1.29 is 9.90 Å². The van der Waals surface area contributed by atoms with E-state index in [1.54, 1.807) is 12.1 Å². The Morgan fingerprint density at radius 1 is 1.16 bits per heavy atom. The van der Waals surface area contributed by atoms with Crippen molar-refractivity contribution in [3.8, 4) is 0 Å². The third-order valence-electron chi connectivity index (χ3n) is 4.23. The number of rotatable bonds is 7. The Hall–Kier alpha value is -2.47. The first kappa shape index (κ1) is 18.9. The van der Waals surface area contributed by atoms with Crippen molar-refractivity contribution in [2.45, 2.75) is 40.2 Å². The van der Waals surface area contributed by atoms with Gasteiger partial charge in [-0.15, -0.1) is 0 Å². The van der Waals surface area contributed by atoms with Gasteiger partial charge in [-0.25, -0.2) is 9.97 Å². The van der Waals surface area contributed by atoms with E-state index in [1.807, 2.05) is 45.9 Å². The predicted octanol–water partition coefficient (Wildman–Crippen LogP) is 2.97. The number of aliphatic hydroxyl groups excluding tert-OH is 1. The highest BCUT2D eigenvalue weighted by Gasteiger charge is 2.18. The van der Waals surface area contributed by atoms with Crippen LogP contribution in [0, 0.1) is 19.8 Å². The van der Waals surface area contributed by atoms with Crippen molar-refractivity contribution in [1.29, 1.82) is 0 Å². The molecule has 0 bridgehead atoms. The van der Waals surface area contributed by atoms with E-state index < -0.39 is 0 Å². The summed E-state index contributed by atoms with van der Waals surface area (Å²) in [6, 6.07) is 8.78. The third kappa shape index (κ3) is 5.26. The summed E-state index contributed by atoms with van der Waals surface area (Å²) >= 11 is 0. The molecule has 0 aliphatic rings. The number of aromatic nitrogens is 2. The Morgan fingerprint density at radius 2 is 1.76 bits per heavy atom. The lowest BCUT2D eigenvalue weighted by molar-refractivity contribution is 0.0891. The average molecular weight is 342 g/mol. The first-order chi connectivity index (χ1) is 11.9. The van der Waals surface area contributed by atoms with Crippen LogP contribution in [0.3, 0.4) is 0 Å². The number of benzene rings is 1. The second-order valence-corrected chi connectivity index (χ2v) is 6.32. The number of amides is 1. The molecule has 2 unspecified atom stereocenters. The average Bonchev–Trinajstić information content (AvgIpc) is 2.58. The van der Waals surface area contributed by atoms with Crippen LogP contribution in [-0.4, -0.2) is 33.6 Å². The van der Waals surface area contributed by atoms with Crippen LogP contribution in [0.1, 0.15) is 42.0 Å². The minimum absolute atomic E-state index is 0.0650. The molecule has 3 N–H and O–H groups in total. The Balaban J connectivity index is 2.04. The third-order valence-corrected chi connectivity index (χ3v) is 4.23. The summed E-state index contributed by atoms with van der Waals surface area (Å²) in [6.07, 6.45) is 0.893. The fourth-order valence-electron chi connectivity index (χ4n) is 2.52. The van der Waals surface area contributed by atoms with Crippen LogP contribution in [0.2, 0.25) is 0 Å². The van der Waals surface area contributed by atoms with Gasteiger partial charge in [0.05, 0.1) is 12.6 Å². The van der Waals surface area contributed by atoms with Gasteiger partial charge in [0.25, 0.3) is 5.91 Å². The van der Waals surface area contributed by atoms with E-state index in [0.29, 0.717) is 11.5 Å². The van der Waals surface area contributed by atoms with Gasteiger partial charge in [0.2, 0.25) is 5.95 Å². The maximum absolute atomic E-state index is 12.3. The molecule has 25 heavy (non-hydrogen) atoms. The van der Waals surface area contributed by atoms with Crippen LogP contribution in [0.4, 0.5) is 11.6 Å². The molecule has 2 atom stereocenters. The number of aliphatic hydroxyl groups is 1. The van der Waals surface area contributed by atoms with E-state index in [-0.39, 0.29) is 24.5 Å². The topological polar surface area (TPSA) is 87.1 Å². The summed E-state index contributed by atoms with van der Waals surface area (Å²) in [5.41, 5.74) is 3.15. The predicted molar refractivity (Wildman–Crippen MR) is 99.0 cm³/mol. The molecule has 0 aliphatic heterocycles. The largest absolute Gasteiger partial charge is 0.394 e. The fraction of sp³-hybridized carbons (Fsp3) is 0.421. The molecule has 6 heteroatoms. The van der Waals surface area contributed by atoms with Crippen LogP contribution in [-0.2, 0) is 0 Å². The molecule has 1 amide bonds. The molecule has 0 saturated carbocycles. The summed E-state index contributed by atoms with van der Waals surface area (Å²) in [5, 5.41) is 15.5. The monoisotopic (exact) mass is 342 g/mol. The van der Waals surface area contributed by atoms with Crippen molar-refractivity contribution in [1.82, 2.24) is 15.3 Å². The molecule has 2 aromatic rings. The number of aryl methyl sites for hydroxylation is 2. The molecule has 1 aromatic carbocycles. The number of hydrogen-bond donors (Lipinski definition) is 3. The Labute approximate surface area is 148 Å². The summed E-state index contributed by atoms with van der Waals surface area (Å²) < 4.78 is 0. The van der Waals surface area contributed by atoms with E-state index in [4.69, 9.17) is 0 Å². The van der Waals surface area contributed by atoms with E-state index in [2.05, 4.69) is 20.6 Å². The number of nitrogens with one attached hydrogen (secondary N) is 2. The molecular weight excluding hydrogens is 316 g/mol. The number of anilines is 2. The fourth-order valence-corrected chi connectivity index (χ4v) is 2.52. The molecule has 1 heterocycles. The zero-order valence-electron chi connectivity index (χ0n) is 15.2. The molecule has 6 nitrogen and oxygen atoms in total. The second-order valence-electron chi connectivity index (χ2n) is 6.32. The maximum atomic E-state index is 12.3. The Bertz CT molecular complexity index is 696. The molecule has 0 radical (unpaired) electrons. The van der Waals surface area contributed by atoms with Gasteiger partial charge in [-0.05, 0) is 50.1 Å². The highest BCUT2D eigenvalue weighted by Crippen LogP contribution is 2.15. The molecule has 134 valence electrons. The van der Waals surface area contributed by atoms with Crippen LogP contribution < -0.4 is 10.6 Å². The summed E-state index contributed by atoms with van der Waals surface area (Å²) in [5.74, 6) is 0.567. The quantitative estimate of drug-likeness (QED) is 0.720. The number of nitrogens with zero attached hydrogens (tertiary/aromatic N) is 2. The lowest BCUT2D eigenvalue weighted by Gasteiger charge is -2.22. The normalized spacial score (nSPS) is 13.2. The van der Waals surface area contributed by atoms with Crippen molar-refractivity contribution in [3.05, 3.63) is 47.3 Å². The van der Waals surface area contributed by atoms with Crippen molar-refractivity contribution in [2.75, 3.05) is 11.9 Å². The Morgan fingerprint density at radius 3 is 2.28 bits per heavy atom. The van der Waals surface area contributed by atoms with Crippen molar-refractivity contribution in [3.63, 3.8) is 0 Å². The van der Waals surface area contributed by atoms with E-state index in [1.165, 1.54) is 0 Å². The minimum atomic E-state index is -0.237. The minimum Gasteiger partial charge on any atom is -0.394 e. The van der Waals surface area contributed by atoms with Crippen LogP contribution in [0.25, 0.3) is 0 Å². The van der Waals surface area contributed by atoms with Crippen LogP contribution in [0.15, 0.2) is 30.3 Å². The molecule has 0 saturated heterocycles. The molecule has 0 spiro atoms. The summed E-state index contributed by atoms with van der Waals surface area (Å²) in [7, 11) is 0. The number of carbonyl (C=O) groups is 1. The van der Waals surface area contributed by atoms with E-state index in [9.17, 15) is 9.90 Å². The van der Waals surface area contributed by atoms with Gasteiger partial charge < -0.3 is 15.7 Å². The standard InChI is InChI=1S/C19H26N4O2/c1-5-12(2)17(11-24)23-18(25)15-6-8-16(9-7-15)22-19-20-13(3)10-14(4)21-19/h6-10,12,17,24H,5,11H2,1-4H3,(H,23,25)(H,20,21,22).